The first-order valence-corrected chi connectivity index (χ1v) is 9.60. The van der Waals surface area contributed by atoms with Crippen molar-refractivity contribution in [2.24, 2.45) is 0 Å². The van der Waals surface area contributed by atoms with Gasteiger partial charge in [-0.3, -0.25) is 4.79 Å². The first-order chi connectivity index (χ1) is 14.9. The van der Waals surface area contributed by atoms with Gasteiger partial charge in [-0.25, -0.2) is 4.79 Å². The number of pyridine rings is 1. The van der Waals surface area contributed by atoms with Crippen LogP contribution in [0.4, 0.5) is 13.2 Å². The molecule has 2 atom stereocenters. The van der Waals surface area contributed by atoms with Gasteiger partial charge in [0.2, 0.25) is 5.56 Å². The number of carboxylic acid groups (broad SMARTS) is 1. The van der Waals surface area contributed by atoms with Crippen molar-refractivity contribution in [1.82, 2.24) is 4.98 Å². The van der Waals surface area contributed by atoms with E-state index in [0.29, 0.717) is 5.75 Å². The van der Waals surface area contributed by atoms with E-state index in [1.165, 1.54) is 49.4 Å². The second kappa shape index (κ2) is 8.68. The monoisotopic (exact) mass is 467 g/mol. The highest BCUT2D eigenvalue weighted by atomic mass is 35.5. The number of carbonyl (C=O) groups is 1. The summed E-state index contributed by atoms with van der Waals surface area (Å²) < 4.78 is 47.5. The fourth-order valence-electron chi connectivity index (χ4n) is 3.26. The molecule has 0 amide bonds. The summed E-state index contributed by atoms with van der Waals surface area (Å²) in [4.78, 5) is 24.3. The van der Waals surface area contributed by atoms with Crippen LogP contribution in [0.15, 0.2) is 65.6 Å². The van der Waals surface area contributed by atoms with Crippen molar-refractivity contribution in [3.63, 3.8) is 0 Å². The normalized spacial score (nSPS) is 14.4. The van der Waals surface area contributed by atoms with E-state index in [9.17, 15) is 27.9 Å². The number of benzene rings is 2. The number of carboxylic acids is 1. The molecule has 0 spiro atoms. The molecule has 0 bridgehead atoms. The fraction of sp³-hybridized carbons (Fsp3) is 0.182. The van der Waals surface area contributed by atoms with Crippen LogP contribution in [0, 0.1) is 0 Å². The van der Waals surface area contributed by atoms with Crippen molar-refractivity contribution >= 4 is 17.6 Å². The molecule has 0 radical (unpaired) electrons. The zero-order chi connectivity index (χ0) is 23.7. The molecule has 0 saturated carbocycles. The minimum atomic E-state index is -5.07. The Balaban J connectivity index is 1.93. The lowest BCUT2D eigenvalue weighted by Gasteiger charge is -2.36. The van der Waals surface area contributed by atoms with Crippen LogP contribution in [0.2, 0.25) is 5.02 Å². The van der Waals surface area contributed by atoms with Crippen LogP contribution in [0.3, 0.4) is 0 Å². The van der Waals surface area contributed by atoms with Crippen LogP contribution in [0.5, 0.6) is 11.5 Å². The quantitative estimate of drug-likeness (QED) is 0.470. The van der Waals surface area contributed by atoms with Crippen molar-refractivity contribution in [3.05, 3.63) is 92.9 Å². The molecule has 0 unspecified atom stereocenters. The number of alkyl halides is 3. The molecule has 1 heterocycles. The van der Waals surface area contributed by atoms with E-state index in [1.807, 2.05) is 0 Å². The molecule has 6 nitrogen and oxygen atoms in total. The van der Waals surface area contributed by atoms with Gasteiger partial charge >= 0.3 is 12.1 Å². The average molecular weight is 468 g/mol. The predicted molar refractivity (Wildman–Crippen MR) is 110 cm³/mol. The Morgan fingerprint density at radius 2 is 1.69 bits per heavy atom. The van der Waals surface area contributed by atoms with Crippen LogP contribution in [-0.4, -0.2) is 27.3 Å². The van der Waals surface area contributed by atoms with Gasteiger partial charge in [0.1, 0.15) is 11.5 Å². The number of ether oxygens (including phenoxy) is 1. The Labute approximate surface area is 184 Å². The molecule has 1 aromatic heterocycles. The Kier molecular flexibility index (Phi) is 6.34. The van der Waals surface area contributed by atoms with Crippen molar-refractivity contribution in [2.75, 3.05) is 0 Å². The van der Waals surface area contributed by atoms with Crippen LogP contribution in [0.1, 0.15) is 34.3 Å². The van der Waals surface area contributed by atoms with E-state index in [1.54, 1.807) is 0 Å². The highest BCUT2D eigenvalue weighted by Gasteiger charge is 2.59. The van der Waals surface area contributed by atoms with Crippen LogP contribution in [0.25, 0.3) is 0 Å². The molecule has 3 aromatic rings. The second-order valence-electron chi connectivity index (χ2n) is 7.04. The second-order valence-corrected chi connectivity index (χ2v) is 7.45. The van der Waals surface area contributed by atoms with Gasteiger partial charge in [-0.1, -0.05) is 24.6 Å². The summed E-state index contributed by atoms with van der Waals surface area (Å²) in [5, 5.41) is 19.6. The maximum atomic E-state index is 14.0. The summed E-state index contributed by atoms with van der Waals surface area (Å²) in [6.45, 7) is 1.17. The van der Waals surface area contributed by atoms with Crippen LogP contribution in [-0.2, 0) is 5.60 Å². The lowest BCUT2D eigenvalue weighted by Crippen LogP contribution is -2.46. The van der Waals surface area contributed by atoms with Crippen LogP contribution >= 0.6 is 11.6 Å². The standard InChI is InChI=1S/C22H17ClF3NO5/c1-12(21(31,22(24,25)26)14-4-9-19(28)27-11-14)17-8-7-16(10-18(17)23)32-15-5-2-13(3-6-15)20(29)30/h2-12,31H,1H3,(H,27,28)(H,29,30)/t12-,21-/m0/s1. The van der Waals surface area contributed by atoms with Gasteiger partial charge in [-0.05, 0) is 48.0 Å². The maximum absolute atomic E-state index is 14.0. The number of aromatic nitrogens is 1. The number of aromatic amines is 1. The van der Waals surface area contributed by atoms with Gasteiger partial charge in [-0.15, -0.1) is 0 Å². The number of aromatic carboxylic acids is 1. The highest BCUT2D eigenvalue weighted by Crippen LogP contribution is 2.49. The molecule has 3 rings (SSSR count). The van der Waals surface area contributed by atoms with Crippen molar-refractivity contribution in [3.8, 4) is 11.5 Å². The van der Waals surface area contributed by atoms with Gasteiger partial charge in [0.15, 0.2) is 5.60 Å². The minimum Gasteiger partial charge on any atom is -0.478 e. The number of halogens is 4. The number of hydrogen-bond acceptors (Lipinski definition) is 4. The Morgan fingerprint density at radius 1 is 1.06 bits per heavy atom. The average Bonchev–Trinajstić information content (AvgIpc) is 2.73. The van der Waals surface area contributed by atoms with Gasteiger partial charge < -0.3 is 19.9 Å². The third-order valence-electron chi connectivity index (χ3n) is 5.06. The molecule has 0 aliphatic heterocycles. The number of rotatable bonds is 6. The molecule has 0 fully saturated rings. The first-order valence-electron chi connectivity index (χ1n) is 9.22. The molecular weight excluding hydrogens is 451 g/mol. The molecule has 168 valence electrons. The number of aliphatic hydroxyl groups is 1. The summed E-state index contributed by atoms with van der Waals surface area (Å²) in [7, 11) is 0. The largest absolute Gasteiger partial charge is 0.478 e. The fourth-order valence-corrected chi connectivity index (χ4v) is 3.59. The lowest BCUT2D eigenvalue weighted by atomic mass is 9.78. The van der Waals surface area contributed by atoms with E-state index in [4.69, 9.17) is 21.4 Å². The first kappa shape index (κ1) is 23.4. The van der Waals surface area contributed by atoms with Crippen molar-refractivity contribution < 1.29 is 32.9 Å². The third-order valence-corrected chi connectivity index (χ3v) is 5.39. The number of nitrogens with one attached hydrogen (secondary N) is 1. The maximum Gasteiger partial charge on any atom is 0.422 e. The Hall–Kier alpha value is -3.30. The molecule has 0 aliphatic rings. The van der Waals surface area contributed by atoms with E-state index in [2.05, 4.69) is 4.98 Å². The molecule has 10 heteroatoms. The van der Waals surface area contributed by atoms with Crippen molar-refractivity contribution in [1.29, 1.82) is 0 Å². The molecule has 3 N–H and O–H groups in total. The topological polar surface area (TPSA) is 99.6 Å². The summed E-state index contributed by atoms with van der Waals surface area (Å²) in [5.41, 5.74) is -4.40. The third kappa shape index (κ3) is 4.49. The summed E-state index contributed by atoms with van der Waals surface area (Å²) >= 11 is 6.23. The van der Waals surface area contributed by atoms with E-state index in [-0.39, 0.29) is 21.9 Å². The molecular formula is C22H17ClF3NO5. The zero-order valence-corrected chi connectivity index (χ0v) is 17.2. The van der Waals surface area contributed by atoms with Crippen molar-refractivity contribution in [2.45, 2.75) is 24.6 Å². The molecule has 32 heavy (non-hydrogen) atoms. The van der Waals surface area contributed by atoms with Gasteiger partial charge in [0.05, 0.1) is 5.56 Å². The Bertz CT molecular complexity index is 1170. The zero-order valence-electron chi connectivity index (χ0n) is 16.5. The summed E-state index contributed by atoms with van der Waals surface area (Å²) in [5.74, 6) is -2.14. The van der Waals surface area contributed by atoms with E-state index < -0.39 is 34.8 Å². The minimum absolute atomic E-state index is 0.00580. The van der Waals surface area contributed by atoms with Gasteiger partial charge in [-0.2, -0.15) is 13.2 Å². The number of hydrogen-bond donors (Lipinski definition) is 3. The van der Waals surface area contributed by atoms with Gasteiger partial charge in [0, 0.05) is 28.8 Å². The molecule has 0 aliphatic carbocycles. The Morgan fingerprint density at radius 3 is 2.19 bits per heavy atom. The van der Waals surface area contributed by atoms with E-state index in [0.717, 1.165) is 18.3 Å². The smallest absolute Gasteiger partial charge is 0.422 e. The predicted octanol–water partition coefficient (Wildman–Crippen LogP) is 5.07. The van der Waals surface area contributed by atoms with Gasteiger partial charge in [0.25, 0.3) is 0 Å². The highest BCUT2D eigenvalue weighted by molar-refractivity contribution is 6.31. The molecule has 0 saturated heterocycles. The lowest BCUT2D eigenvalue weighted by molar-refractivity contribution is -0.274. The SMILES string of the molecule is C[C@@H](c1ccc(Oc2ccc(C(=O)O)cc2)cc1Cl)[C@](O)(c1ccc(=O)[nH]c1)C(F)(F)F. The number of H-pyrrole nitrogens is 1. The van der Waals surface area contributed by atoms with E-state index >= 15 is 0 Å². The summed E-state index contributed by atoms with van der Waals surface area (Å²) in [6.07, 6.45) is -4.26. The van der Waals surface area contributed by atoms with Crippen LogP contribution < -0.4 is 10.3 Å². The summed E-state index contributed by atoms with van der Waals surface area (Å²) in [6, 6.07) is 11.3. The molecule has 2 aromatic carbocycles.